The Bertz CT molecular complexity index is 585. The highest BCUT2D eigenvalue weighted by atomic mass is 35.5. The lowest BCUT2D eigenvalue weighted by molar-refractivity contribution is 1.01. The summed E-state index contributed by atoms with van der Waals surface area (Å²) in [4.78, 5) is 4.22. The zero-order chi connectivity index (χ0) is 13.8. The number of hydrogen-bond donors (Lipinski definition) is 2. The van der Waals surface area contributed by atoms with Crippen LogP contribution in [0.1, 0.15) is 11.1 Å². The summed E-state index contributed by atoms with van der Waals surface area (Å²) >= 11 is 12.0. The second-order valence-electron chi connectivity index (χ2n) is 4.34. The summed E-state index contributed by atoms with van der Waals surface area (Å²) in [5.41, 5.74) is 8.50. The Morgan fingerprint density at radius 1 is 1.26 bits per heavy atom. The molecule has 100 valence electrons. The average molecular weight is 296 g/mol. The van der Waals surface area contributed by atoms with E-state index in [-0.39, 0.29) is 0 Å². The highest BCUT2D eigenvalue weighted by molar-refractivity contribution is 6.35. The third-order valence-corrected chi connectivity index (χ3v) is 3.45. The van der Waals surface area contributed by atoms with Crippen molar-refractivity contribution in [1.29, 1.82) is 0 Å². The molecule has 2 rings (SSSR count). The van der Waals surface area contributed by atoms with Crippen molar-refractivity contribution in [1.82, 2.24) is 4.98 Å². The molecule has 0 aliphatic rings. The van der Waals surface area contributed by atoms with Gasteiger partial charge in [0.05, 0.1) is 11.9 Å². The van der Waals surface area contributed by atoms with Crippen molar-refractivity contribution in [3.8, 4) is 0 Å². The summed E-state index contributed by atoms with van der Waals surface area (Å²) in [5.74, 6) is 0.816. The predicted molar refractivity (Wildman–Crippen MR) is 82.0 cm³/mol. The fourth-order valence-electron chi connectivity index (χ4n) is 1.71. The molecular weight excluding hydrogens is 281 g/mol. The highest BCUT2D eigenvalue weighted by Gasteiger charge is 2.02. The SMILES string of the molecule is Cc1cc(NCCc2ccc(Cl)cc2Cl)ncc1N. The molecule has 2 aromatic rings. The van der Waals surface area contributed by atoms with Crippen LogP contribution in [0.4, 0.5) is 11.5 Å². The van der Waals surface area contributed by atoms with Crippen LogP contribution in [0.15, 0.2) is 30.5 Å². The molecule has 0 unspecified atom stereocenters. The molecule has 0 spiro atoms. The van der Waals surface area contributed by atoms with Crippen molar-refractivity contribution in [2.45, 2.75) is 13.3 Å². The van der Waals surface area contributed by atoms with E-state index in [0.29, 0.717) is 15.7 Å². The van der Waals surface area contributed by atoms with Gasteiger partial charge in [-0.25, -0.2) is 4.98 Å². The quantitative estimate of drug-likeness (QED) is 0.898. The van der Waals surface area contributed by atoms with Crippen molar-refractivity contribution in [2.75, 3.05) is 17.6 Å². The van der Waals surface area contributed by atoms with Crippen LogP contribution in [0, 0.1) is 6.92 Å². The van der Waals surface area contributed by atoms with Gasteiger partial charge in [-0.05, 0) is 42.7 Å². The maximum Gasteiger partial charge on any atom is 0.126 e. The molecular formula is C14H15Cl2N3. The van der Waals surface area contributed by atoms with Gasteiger partial charge in [-0.1, -0.05) is 29.3 Å². The molecule has 3 N–H and O–H groups in total. The molecule has 1 aromatic carbocycles. The number of hydrogen-bond acceptors (Lipinski definition) is 3. The van der Waals surface area contributed by atoms with Crippen molar-refractivity contribution >= 4 is 34.7 Å². The fourth-order valence-corrected chi connectivity index (χ4v) is 2.22. The summed E-state index contributed by atoms with van der Waals surface area (Å²) < 4.78 is 0. The number of aryl methyl sites for hydroxylation is 1. The first kappa shape index (κ1) is 14.0. The molecule has 0 aliphatic heterocycles. The average Bonchev–Trinajstić information content (AvgIpc) is 2.36. The van der Waals surface area contributed by atoms with Crippen LogP contribution in [-0.4, -0.2) is 11.5 Å². The van der Waals surface area contributed by atoms with E-state index in [1.165, 1.54) is 0 Å². The summed E-state index contributed by atoms with van der Waals surface area (Å²) in [5, 5.41) is 4.59. The lowest BCUT2D eigenvalue weighted by Crippen LogP contribution is -2.07. The number of aromatic nitrogens is 1. The monoisotopic (exact) mass is 295 g/mol. The number of benzene rings is 1. The minimum Gasteiger partial charge on any atom is -0.397 e. The summed E-state index contributed by atoms with van der Waals surface area (Å²) in [6.45, 7) is 2.70. The lowest BCUT2D eigenvalue weighted by Gasteiger charge is -2.08. The van der Waals surface area contributed by atoms with Crippen molar-refractivity contribution in [3.63, 3.8) is 0 Å². The van der Waals surface area contributed by atoms with Crippen molar-refractivity contribution in [2.24, 2.45) is 0 Å². The molecule has 19 heavy (non-hydrogen) atoms. The zero-order valence-electron chi connectivity index (χ0n) is 10.6. The summed E-state index contributed by atoms with van der Waals surface area (Å²) in [6.07, 6.45) is 2.47. The third-order valence-electron chi connectivity index (χ3n) is 2.87. The van der Waals surface area contributed by atoms with E-state index < -0.39 is 0 Å². The normalized spacial score (nSPS) is 10.5. The number of anilines is 2. The molecule has 5 heteroatoms. The molecule has 0 fully saturated rings. The van der Waals surface area contributed by atoms with Gasteiger partial charge in [0.2, 0.25) is 0 Å². The topological polar surface area (TPSA) is 50.9 Å². The van der Waals surface area contributed by atoms with Crippen LogP contribution in [-0.2, 0) is 6.42 Å². The second kappa shape index (κ2) is 6.13. The third kappa shape index (κ3) is 3.75. The number of nitrogens with one attached hydrogen (secondary N) is 1. The summed E-state index contributed by atoms with van der Waals surface area (Å²) in [6, 6.07) is 7.46. The molecule has 0 saturated heterocycles. The molecule has 1 heterocycles. The molecule has 0 amide bonds. The Labute approximate surface area is 122 Å². The zero-order valence-corrected chi connectivity index (χ0v) is 12.1. The van der Waals surface area contributed by atoms with Gasteiger partial charge in [-0.15, -0.1) is 0 Å². The number of halogens is 2. The fraction of sp³-hybridized carbons (Fsp3) is 0.214. The highest BCUT2D eigenvalue weighted by Crippen LogP contribution is 2.21. The Balaban J connectivity index is 1.94. The van der Waals surface area contributed by atoms with Crippen LogP contribution < -0.4 is 11.1 Å². The predicted octanol–water partition coefficient (Wildman–Crippen LogP) is 3.93. The Morgan fingerprint density at radius 3 is 2.74 bits per heavy atom. The molecule has 1 aromatic heterocycles. The first-order valence-electron chi connectivity index (χ1n) is 5.96. The van der Waals surface area contributed by atoms with Gasteiger partial charge in [0, 0.05) is 16.6 Å². The number of pyridine rings is 1. The first-order chi connectivity index (χ1) is 9.06. The number of nitrogen functional groups attached to an aromatic ring is 1. The van der Waals surface area contributed by atoms with E-state index in [0.717, 1.165) is 29.9 Å². The molecule has 0 saturated carbocycles. The lowest BCUT2D eigenvalue weighted by atomic mass is 10.1. The van der Waals surface area contributed by atoms with Crippen LogP contribution in [0.5, 0.6) is 0 Å². The molecule has 0 atom stereocenters. The molecule has 0 aliphatic carbocycles. The second-order valence-corrected chi connectivity index (χ2v) is 5.18. The van der Waals surface area contributed by atoms with E-state index >= 15 is 0 Å². The Kier molecular flexibility index (Phi) is 4.51. The first-order valence-corrected chi connectivity index (χ1v) is 6.72. The number of nitrogens with two attached hydrogens (primary N) is 1. The van der Waals surface area contributed by atoms with Crippen molar-refractivity contribution < 1.29 is 0 Å². The standard InChI is InChI=1S/C14H15Cl2N3/c1-9-6-14(19-8-13(9)17)18-5-4-10-2-3-11(15)7-12(10)16/h2-3,6-8H,4-5,17H2,1H3,(H,18,19). The Hall–Kier alpha value is -1.45. The van der Waals surface area contributed by atoms with Crippen molar-refractivity contribution in [3.05, 3.63) is 51.6 Å². The van der Waals surface area contributed by atoms with Crippen LogP contribution >= 0.6 is 23.2 Å². The van der Waals surface area contributed by atoms with Gasteiger partial charge in [-0.2, -0.15) is 0 Å². The van der Waals surface area contributed by atoms with Gasteiger partial charge in [-0.3, -0.25) is 0 Å². The van der Waals surface area contributed by atoms with Crippen LogP contribution in [0.2, 0.25) is 10.0 Å². The van der Waals surface area contributed by atoms with Gasteiger partial charge < -0.3 is 11.1 Å². The molecule has 3 nitrogen and oxygen atoms in total. The summed E-state index contributed by atoms with van der Waals surface area (Å²) in [7, 11) is 0. The van der Waals surface area contributed by atoms with E-state index in [1.54, 1.807) is 12.3 Å². The minimum absolute atomic E-state index is 0.650. The maximum absolute atomic E-state index is 6.11. The Morgan fingerprint density at radius 2 is 2.05 bits per heavy atom. The van der Waals surface area contributed by atoms with Gasteiger partial charge in [0.15, 0.2) is 0 Å². The van der Waals surface area contributed by atoms with Gasteiger partial charge in [0.1, 0.15) is 5.82 Å². The van der Waals surface area contributed by atoms with Gasteiger partial charge in [0.25, 0.3) is 0 Å². The van der Waals surface area contributed by atoms with E-state index in [9.17, 15) is 0 Å². The maximum atomic E-state index is 6.11. The molecule has 0 bridgehead atoms. The van der Waals surface area contributed by atoms with E-state index in [4.69, 9.17) is 28.9 Å². The smallest absolute Gasteiger partial charge is 0.126 e. The van der Waals surface area contributed by atoms with Crippen LogP contribution in [0.25, 0.3) is 0 Å². The number of rotatable bonds is 4. The molecule has 0 radical (unpaired) electrons. The largest absolute Gasteiger partial charge is 0.397 e. The number of nitrogens with zero attached hydrogens (tertiary/aromatic N) is 1. The van der Waals surface area contributed by atoms with E-state index in [1.807, 2.05) is 25.1 Å². The van der Waals surface area contributed by atoms with Gasteiger partial charge >= 0.3 is 0 Å². The van der Waals surface area contributed by atoms with Crippen LogP contribution in [0.3, 0.4) is 0 Å². The minimum atomic E-state index is 0.650. The van der Waals surface area contributed by atoms with E-state index in [2.05, 4.69) is 10.3 Å².